The van der Waals surface area contributed by atoms with Gasteiger partial charge in [-0.25, -0.2) is 0 Å². The largest absolute Gasteiger partial charge is 0.311 e. The first kappa shape index (κ1) is 35.7. The summed E-state index contributed by atoms with van der Waals surface area (Å²) in [6.07, 6.45) is 0. The Morgan fingerprint density at radius 3 is 1.41 bits per heavy atom. The molecule has 3 heteroatoms. The Balaban J connectivity index is 1.12. The van der Waals surface area contributed by atoms with Gasteiger partial charge in [-0.3, -0.25) is 0 Å². The van der Waals surface area contributed by atoms with E-state index in [0.29, 0.717) is 0 Å². The highest BCUT2D eigenvalue weighted by Crippen LogP contribution is 2.52. The highest BCUT2D eigenvalue weighted by Gasteiger charge is 2.44. The molecule has 0 aromatic heterocycles. The van der Waals surface area contributed by atoms with Gasteiger partial charge in [-0.1, -0.05) is 172 Å². The molecular formula is C61H41BN2. The second-order valence-electron chi connectivity index (χ2n) is 18.5. The normalized spacial score (nSPS) is 14.1. The van der Waals surface area contributed by atoms with Crippen LogP contribution in [0.25, 0.3) is 65.3 Å². The summed E-state index contributed by atoms with van der Waals surface area (Å²) >= 11 is 0. The minimum Gasteiger partial charge on any atom is -0.311 e. The zero-order chi connectivity index (χ0) is 42.3. The van der Waals surface area contributed by atoms with Crippen LogP contribution < -0.4 is 26.2 Å². The Labute approximate surface area is 373 Å². The summed E-state index contributed by atoms with van der Waals surface area (Å²) in [5, 5.41) is 10.1. The molecule has 11 aromatic carbocycles. The predicted octanol–water partition coefficient (Wildman–Crippen LogP) is 14.4. The van der Waals surface area contributed by atoms with Crippen LogP contribution >= 0.6 is 0 Å². The van der Waals surface area contributed by atoms with Crippen molar-refractivity contribution in [3.63, 3.8) is 0 Å². The van der Waals surface area contributed by atoms with Crippen LogP contribution in [0.3, 0.4) is 0 Å². The number of rotatable bonds is 3. The maximum Gasteiger partial charge on any atom is 0.252 e. The Bertz CT molecular complexity index is 3590. The maximum absolute atomic E-state index is 2.56. The molecular weight excluding hydrogens is 771 g/mol. The monoisotopic (exact) mass is 812 g/mol. The smallest absolute Gasteiger partial charge is 0.252 e. The third-order valence-corrected chi connectivity index (χ3v) is 14.7. The van der Waals surface area contributed by atoms with E-state index in [1.165, 1.54) is 116 Å². The molecule has 0 atom stereocenters. The van der Waals surface area contributed by atoms with E-state index < -0.39 is 0 Å². The summed E-state index contributed by atoms with van der Waals surface area (Å²) in [6.45, 7) is 4.74. The number of anilines is 6. The number of para-hydroxylation sites is 2. The molecule has 0 fully saturated rings. The van der Waals surface area contributed by atoms with Crippen molar-refractivity contribution in [3.05, 3.63) is 223 Å². The van der Waals surface area contributed by atoms with Gasteiger partial charge in [-0.05, 0) is 147 Å². The Morgan fingerprint density at radius 1 is 0.344 bits per heavy atom. The minimum atomic E-state index is -0.118. The molecule has 0 saturated carbocycles. The van der Waals surface area contributed by atoms with Crippen LogP contribution in [0.1, 0.15) is 25.0 Å². The third-order valence-electron chi connectivity index (χ3n) is 14.7. The van der Waals surface area contributed by atoms with Crippen LogP contribution in [0.2, 0.25) is 0 Å². The molecule has 0 amide bonds. The molecule has 1 aliphatic carbocycles. The van der Waals surface area contributed by atoms with Gasteiger partial charge in [0.2, 0.25) is 0 Å². The van der Waals surface area contributed by atoms with Gasteiger partial charge in [0, 0.05) is 39.5 Å². The average Bonchev–Trinajstić information content (AvgIpc) is 3.58. The molecule has 2 heterocycles. The molecule has 3 aliphatic rings. The molecule has 14 rings (SSSR count). The average molecular weight is 813 g/mol. The summed E-state index contributed by atoms with van der Waals surface area (Å²) in [5.74, 6) is 0. The first-order valence-corrected chi connectivity index (χ1v) is 22.5. The van der Waals surface area contributed by atoms with E-state index in [-0.39, 0.29) is 12.1 Å². The van der Waals surface area contributed by atoms with Crippen molar-refractivity contribution in [1.82, 2.24) is 0 Å². The van der Waals surface area contributed by atoms with Gasteiger partial charge in [0.1, 0.15) is 0 Å². The van der Waals surface area contributed by atoms with Crippen molar-refractivity contribution in [3.8, 4) is 22.3 Å². The van der Waals surface area contributed by atoms with Gasteiger partial charge in [-0.15, -0.1) is 0 Å². The van der Waals surface area contributed by atoms with Crippen LogP contribution in [0.5, 0.6) is 0 Å². The van der Waals surface area contributed by atoms with E-state index in [0.717, 1.165) is 11.4 Å². The number of benzene rings is 11. The first-order chi connectivity index (χ1) is 31.5. The molecule has 0 bridgehead atoms. The Kier molecular flexibility index (Phi) is 7.29. The van der Waals surface area contributed by atoms with Crippen molar-refractivity contribution in [1.29, 1.82) is 0 Å². The Morgan fingerprint density at radius 2 is 0.828 bits per heavy atom. The fraction of sp³-hybridized carbons (Fsp3) is 0.0492. The first-order valence-electron chi connectivity index (χ1n) is 22.5. The standard InChI is InChI=1S/C61H41BN2/c1-61(2)52-24-14-13-23-48(52)49-30-29-40(31-53(49)61)43-34-58-60-59(35-43)64(45-19-7-4-8-20-45)57-37-51-42(28-26-39-16-10-12-22-47(39)51)33-55(57)62(60)54-32-41-27-25-38-15-9-11-21-46(38)50(41)36-56(54)63(58)44-17-5-3-6-18-44/h3-37H,1-2H3. The van der Waals surface area contributed by atoms with Crippen LogP contribution in [0.15, 0.2) is 212 Å². The van der Waals surface area contributed by atoms with E-state index in [9.17, 15) is 0 Å². The van der Waals surface area contributed by atoms with Gasteiger partial charge in [0.05, 0.1) is 0 Å². The van der Waals surface area contributed by atoms with Gasteiger partial charge in [0.15, 0.2) is 0 Å². The van der Waals surface area contributed by atoms with Crippen molar-refractivity contribution < 1.29 is 0 Å². The van der Waals surface area contributed by atoms with Gasteiger partial charge in [-0.2, -0.15) is 0 Å². The second-order valence-corrected chi connectivity index (χ2v) is 18.5. The van der Waals surface area contributed by atoms with E-state index >= 15 is 0 Å². The highest BCUT2D eigenvalue weighted by atomic mass is 15.2. The predicted molar refractivity (Wildman–Crippen MR) is 273 cm³/mol. The maximum atomic E-state index is 2.56. The summed E-state index contributed by atoms with van der Waals surface area (Å²) < 4.78 is 0. The quantitative estimate of drug-likeness (QED) is 0.130. The molecule has 0 saturated heterocycles. The van der Waals surface area contributed by atoms with Crippen molar-refractivity contribution in [2.45, 2.75) is 19.3 Å². The summed E-state index contributed by atoms with van der Waals surface area (Å²) in [4.78, 5) is 5.12. The van der Waals surface area contributed by atoms with E-state index in [2.05, 4.69) is 236 Å². The van der Waals surface area contributed by atoms with Gasteiger partial charge in [0.25, 0.3) is 6.71 Å². The molecule has 2 aliphatic heterocycles. The van der Waals surface area contributed by atoms with Crippen molar-refractivity contribution in [2.24, 2.45) is 0 Å². The molecule has 0 radical (unpaired) electrons. The van der Waals surface area contributed by atoms with E-state index in [4.69, 9.17) is 0 Å². The topological polar surface area (TPSA) is 6.48 Å². The Hall–Kier alpha value is -7.88. The summed E-state index contributed by atoms with van der Waals surface area (Å²) in [7, 11) is 0. The lowest BCUT2D eigenvalue weighted by Gasteiger charge is -2.44. The summed E-state index contributed by atoms with van der Waals surface area (Å²) in [5.41, 5.74) is 18.9. The molecule has 2 nitrogen and oxygen atoms in total. The van der Waals surface area contributed by atoms with Gasteiger partial charge >= 0.3 is 0 Å². The third kappa shape index (κ3) is 4.92. The molecule has 298 valence electrons. The van der Waals surface area contributed by atoms with Crippen LogP contribution in [-0.4, -0.2) is 6.71 Å². The van der Waals surface area contributed by atoms with Crippen LogP contribution in [0.4, 0.5) is 34.1 Å². The SMILES string of the molecule is CC1(C)c2ccccc2-c2ccc(-c3cc4c5c(c3)N(c3ccccc3)c3cc6c(ccc7ccccc76)cc3B5c3cc5ccc6ccccc6c5cc3N4c3ccccc3)cc21. The molecule has 11 aromatic rings. The lowest BCUT2D eigenvalue weighted by Crippen LogP contribution is -2.61. The lowest BCUT2D eigenvalue weighted by atomic mass is 9.33. The summed E-state index contributed by atoms with van der Waals surface area (Å²) in [6, 6.07) is 80.1. The van der Waals surface area contributed by atoms with Crippen LogP contribution in [-0.2, 0) is 5.41 Å². The van der Waals surface area contributed by atoms with Crippen LogP contribution in [0, 0.1) is 0 Å². The molecule has 0 N–H and O–H groups in total. The molecule has 0 unspecified atom stereocenters. The zero-order valence-corrected chi connectivity index (χ0v) is 35.7. The highest BCUT2D eigenvalue weighted by molar-refractivity contribution is 7.00. The number of hydrogen-bond donors (Lipinski definition) is 0. The zero-order valence-electron chi connectivity index (χ0n) is 35.7. The fourth-order valence-corrected chi connectivity index (χ4v) is 11.8. The minimum absolute atomic E-state index is 0.0239. The molecule has 0 spiro atoms. The lowest BCUT2D eigenvalue weighted by molar-refractivity contribution is 0.660. The second kappa shape index (κ2) is 13.1. The van der Waals surface area contributed by atoms with Crippen molar-refractivity contribution in [2.75, 3.05) is 9.80 Å². The fourth-order valence-electron chi connectivity index (χ4n) is 11.8. The number of hydrogen-bond acceptors (Lipinski definition) is 2. The van der Waals surface area contributed by atoms with E-state index in [1.807, 2.05) is 0 Å². The van der Waals surface area contributed by atoms with Gasteiger partial charge < -0.3 is 9.80 Å². The van der Waals surface area contributed by atoms with E-state index in [1.54, 1.807) is 0 Å². The number of fused-ring (bicyclic) bond motifs is 13. The number of nitrogens with zero attached hydrogens (tertiary/aromatic N) is 2. The van der Waals surface area contributed by atoms with Crippen molar-refractivity contribution >= 4 is 100 Å². The molecule has 64 heavy (non-hydrogen) atoms.